The van der Waals surface area contributed by atoms with E-state index in [1.165, 1.54) is 0 Å². The fourth-order valence-corrected chi connectivity index (χ4v) is 2.77. The Kier molecular flexibility index (Phi) is 7.04. The number of hydrogen-bond donors (Lipinski definition) is 0. The van der Waals surface area contributed by atoms with Gasteiger partial charge in [0.05, 0.1) is 17.8 Å². The Morgan fingerprint density at radius 3 is 2.25 bits per heavy atom. The van der Waals surface area contributed by atoms with Crippen LogP contribution in [0.1, 0.15) is 51.0 Å². The van der Waals surface area contributed by atoms with Gasteiger partial charge in [-0.1, -0.05) is 37.8 Å². The lowest BCUT2D eigenvalue weighted by atomic mass is 9.76. The maximum absolute atomic E-state index is 11.5. The number of benzene rings is 2. The third-order valence-corrected chi connectivity index (χ3v) is 5.11. The summed E-state index contributed by atoms with van der Waals surface area (Å²) in [4.78, 5) is 11.5. The first-order valence-electron chi connectivity index (χ1n) is 9.02. The lowest BCUT2D eigenvalue weighted by molar-refractivity contribution is 0.00507. The first-order chi connectivity index (χ1) is 12.8. The molecular weight excluding hydrogens is 355 g/mol. The standard InChI is InChI=1S/C21H25BO5.CH4/c1-20(2)21(3,4)27-22(26-20)19-12-18(11-10-17(19)13-23)25-15-24-14-16-8-6-5-7-9-16;/h5-13H,14-15H2,1-4H3;1H4. The monoisotopic (exact) mass is 384 g/mol. The van der Waals surface area contributed by atoms with E-state index < -0.39 is 18.3 Å². The summed E-state index contributed by atoms with van der Waals surface area (Å²) in [6.07, 6.45) is 0.802. The zero-order valence-corrected chi connectivity index (χ0v) is 16.2. The van der Waals surface area contributed by atoms with Crippen LogP contribution in [0, 0.1) is 0 Å². The molecule has 0 saturated carbocycles. The molecule has 0 atom stereocenters. The van der Waals surface area contributed by atoms with E-state index in [4.69, 9.17) is 18.8 Å². The summed E-state index contributed by atoms with van der Waals surface area (Å²) in [5, 5.41) is 0. The van der Waals surface area contributed by atoms with E-state index >= 15 is 0 Å². The van der Waals surface area contributed by atoms with Gasteiger partial charge in [-0.3, -0.25) is 4.79 Å². The van der Waals surface area contributed by atoms with Crippen molar-refractivity contribution < 1.29 is 23.6 Å². The highest BCUT2D eigenvalue weighted by Crippen LogP contribution is 2.36. The van der Waals surface area contributed by atoms with Gasteiger partial charge in [0.2, 0.25) is 0 Å². The van der Waals surface area contributed by atoms with Gasteiger partial charge in [0.15, 0.2) is 6.79 Å². The van der Waals surface area contributed by atoms with Crippen LogP contribution in [0.15, 0.2) is 48.5 Å². The molecule has 1 aliphatic heterocycles. The molecule has 0 bridgehead atoms. The summed E-state index contributed by atoms with van der Waals surface area (Å²) in [5.41, 5.74) is 1.30. The van der Waals surface area contributed by atoms with Crippen molar-refractivity contribution >= 4 is 18.9 Å². The zero-order chi connectivity index (χ0) is 19.5. The van der Waals surface area contributed by atoms with Crippen molar-refractivity contribution in [2.45, 2.75) is 52.9 Å². The van der Waals surface area contributed by atoms with Crippen LogP contribution in [-0.4, -0.2) is 31.4 Å². The predicted molar refractivity (Wildman–Crippen MR) is 111 cm³/mol. The Morgan fingerprint density at radius 2 is 1.64 bits per heavy atom. The van der Waals surface area contributed by atoms with Crippen molar-refractivity contribution in [2.24, 2.45) is 0 Å². The summed E-state index contributed by atoms with van der Waals surface area (Å²) in [7, 11) is -0.621. The molecule has 2 aromatic carbocycles. The summed E-state index contributed by atoms with van der Waals surface area (Å²) < 4.78 is 23.4. The van der Waals surface area contributed by atoms with E-state index in [1.807, 2.05) is 58.0 Å². The fraction of sp³-hybridized carbons (Fsp3) is 0.409. The maximum Gasteiger partial charge on any atom is 0.495 e. The third-order valence-electron chi connectivity index (χ3n) is 5.11. The van der Waals surface area contributed by atoms with E-state index in [0.717, 1.165) is 11.8 Å². The van der Waals surface area contributed by atoms with E-state index in [-0.39, 0.29) is 14.2 Å². The first kappa shape index (κ1) is 22.1. The van der Waals surface area contributed by atoms with E-state index in [0.29, 0.717) is 23.4 Å². The number of carbonyl (C=O) groups is 1. The second-order valence-electron chi connectivity index (χ2n) is 7.59. The maximum atomic E-state index is 11.5. The van der Waals surface area contributed by atoms with Gasteiger partial charge in [-0.2, -0.15) is 0 Å². The van der Waals surface area contributed by atoms with E-state index in [1.54, 1.807) is 18.2 Å². The molecule has 150 valence electrons. The highest BCUT2D eigenvalue weighted by atomic mass is 16.7. The largest absolute Gasteiger partial charge is 0.495 e. The van der Waals surface area contributed by atoms with Crippen molar-refractivity contribution in [3.05, 3.63) is 59.7 Å². The summed E-state index contributed by atoms with van der Waals surface area (Å²) in [5.74, 6) is 0.596. The third kappa shape index (κ3) is 4.82. The first-order valence-corrected chi connectivity index (χ1v) is 9.02. The number of ether oxygens (including phenoxy) is 2. The topological polar surface area (TPSA) is 54.0 Å². The van der Waals surface area contributed by atoms with Crippen molar-refractivity contribution in [2.75, 3.05) is 6.79 Å². The molecular formula is C22H29BO5. The lowest BCUT2D eigenvalue weighted by Crippen LogP contribution is -2.41. The number of carbonyl (C=O) groups excluding carboxylic acids is 1. The van der Waals surface area contributed by atoms with Crippen LogP contribution >= 0.6 is 0 Å². The zero-order valence-electron chi connectivity index (χ0n) is 16.2. The molecule has 0 N–H and O–H groups in total. The van der Waals surface area contributed by atoms with Gasteiger partial charge < -0.3 is 18.8 Å². The molecule has 1 aliphatic rings. The minimum Gasteiger partial charge on any atom is -0.468 e. The molecule has 0 radical (unpaired) electrons. The SMILES string of the molecule is C.CC1(C)OB(c2cc(OCOCc3ccccc3)ccc2C=O)OC1(C)C. The summed E-state index contributed by atoms with van der Waals surface area (Å²) in [6, 6.07) is 15.1. The highest BCUT2D eigenvalue weighted by molar-refractivity contribution is 6.63. The van der Waals surface area contributed by atoms with Gasteiger partial charge in [-0.15, -0.1) is 0 Å². The summed E-state index contributed by atoms with van der Waals surface area (Å²) in [6.45, 7) is 8.49. The average molecular weight is 384 g/mol. The number of rotatable bonds is 7. The normalized spacial score (nSPS) is 17.1. The lowest BCUT2D eigenvalue weighted by Gasteiger charge is -2.32. The van der Waals surface area contributed by atoms with Crippen LogP contribution < -0.4 is 10.2 Å². The van der Waals surface area contributed by atoms with Crippen LogP contribution in [0.2, 0.25) is 0 Å². The Morgan fingerprint density at radius 1 is 1.00 bits per heavy atom. The molecule has 0 aliphatic carbocycles. The highest BCUT2D eigenvalue weighted by Gasteiger charge is 2.52. The minimum absolute atomic E-state index is 0. The molecule has 0 spiro atoms. The Balaban J connectivity index is 0.00000280. The Labute approximate surface area is 168 Å². The second-order valence-corrected chi connectivity index (χ2v) is 7.59. The van der Waals surface area contributed by atoms with Crippen molar-refractivity contribution in [3.8, 4) is 5.75 Å². The molecule has 28 heavy (non-hydrogen) atoms. The molecule has 0 unspecified atom stereocenters. The van der Waals surface area contributed by atoms with Crippen LogP contribution in [0.25, 0.3) is 0 Å². The van der Waals surface area contributed by atoms with Gasteiger partial charge in [-0.25, -0.2) is 0 Å². The molecule has 5 nitrogen and oxygen atoms in total. The van der Waals surface area contributed by atoms with Gasteiger partial charge >= 0.3 is 7.12 Å². The van der Waals surface area contributed by atoms with Crippen LogP contribution in [0.3, 0.4) is 0 Å². The molecule has 2 aromatic rings. The molecule has 1 saturated heterocycles. The molecule has 0 amide bonds. The number of hydrogen-bond acceptors (Lipinski definition) is 5. The van der Waals surface area contributed by atoms with E-state index in [9.17, 15) is 4.79 Å². The van der Waals surface area contributed by atoms with Gasteiger partial charge in [0, 0.05) is 5.56 Å². The molecule has 6 heteroatoms. The second kappa shape index (κ2) is 8.90. The Bertz CT molecular complexity index is 773. The molecule has 1 fully saturated rings. The average Bonchev–Trinajstić information content (AvgIpc) is 2.87. The van der Waals surface area contributed by atoms with Gasteiger partial charge in [0.1, 0.15) is 12.0 Å². The quantitative estimate of drug-likeness (QED) is 0.313. The summed E-state index contributed by atoms with van der Waals surface area (Å²) >= 11 is 0. The van der Waals surface area contributed by atoms with Crippen molar-refractivity contribution in [1.82, 2.24) is 0 Å². The molecule has 3 rings (SSSR count). The Hall–Kier alpha value is -2.15. The predicted octanol–water partition coefficient (Wildman–Crippen LogP) is 3.99. The smallest absolute Gasteiger partial charge is 0.468 e. The molecule has 0 aromatic heterocycles. The number of aldehydes is 1. The van der Waals surface area contributed by atoms with Crippen LogP contribution in [-0.2, 0) is 20.7 Å². The van der Waals surface area contributed by atoms with Crippen LogP contribution in [0.5, 0.6) is 5.75 Å². The van der Waals surface area contributed by atoms with Gasteiger partial charge in [-0.05, 0) is 56.9 Å². The van der Waals surface area contributed by atoms with E-state index in [2.05, 4.69) is 0 Å². The molecule has 1 heterocycles. The fourth-order valence-electron chi connectivity index (χ4n) is 2.77. The minimum atomic E-state index is -0.621. The van der Waals surface area contributed by atoms with Crippen molar-refractivity contribution in [1.29, 1.82) is 0 Å². The van der Waals surface area contributed by atoms with Crippen LogP contribution in [0.4, 0.5) is 0 Å². The van der Waals surface area contributed by atoms with Gasteiger partial charge in [0.25, 0.3) is 0 Å². The van der Waals surface area contributed by atoms with Crippen molar-refractivity contribution in [3.63, 3.8) is 0 Å².